The predicted octanol–water partition coefficient (Wildman–Crippen LogP) is 7.02. The van der Waals surface area contributed by atoms with E-state index in [2.05, 4.69) is 5.32 Å². The van der Waals surface area contributed by atoms with E-state index in [4.69, 9.17) is 25.8 Å². The van der Waals surface area contributed by atoms with Crippen molar-refractivity contribution in [3.63, 3.8) is 0 Å². The molecule has 0 fully saturated rings. The molecular formula is C39H38ClNO7S. The van der Waals surface area contributed by atoms with Gasteiger partial charge in [0.2, 0.25) is 9.84 Å². The van der Waals surface area contributed by atoms with Crippen LogP contribution in [0.25, 0.3) is 0 Å². The number of methoxy groups -OCH3 is 2. The summed E-state index contributed by atoms with van der Waals surface area (Å²) in [6.07, 6.45) is 0.383. The molecular weight excluding hydrogens is 662 g/mol. The van der Waals surface area contributed by atoms with E-state index in [9.17, 15) is 18.3 Å². The fraction of sp³-hybridized carbons (Fsp3) is 0.205. The Bertz CT molecular complexity index is 1950. The van der Waals surface area contributed by atoms with Crippen molar-refractivity contribution >= 4 is 27.4 Å². The highest BCUT2D eigenvalue weighted by Gasteiger charge is 2.27. The molecule has 0 saturated carbocycles. The van der Waals surface area contributed by atoms with Crippen LogP contribution in [0.2, 0.25) is 5.02 Å². The molecule has 5 aromatic carbocycles. The third-order valence-electron chi connectivity index (χ3n) is 8.11. The first-order chi connectivity index (χ1) is 23.7. The lowest BCUT2D eigenvalue weighted by Gasteiger charge is -2.25. The topological polar surface area (TPSA) is 111 Å². The number of nitrogens with one attached hydrogen (secondary N) is 1. The maximum absolute atomic E-state index is 13.8. The molecule has 2 N–H and O–H groups in total. The first kappa shape index (κ1) is 35.6. The Morgan fingerprint density at radius 1 is 0.796 bits per heavy atom. The quantitative estimate of drug-likeness (QED) is 0.112. The van der Waals surface area contributed by atoms with Gasteiger partial charge in [0.05, 0.1) is 30.1 Å². The molecule has 1 unspecified atom stereocenters. The van der Waals surface area contributed by atoms with Gasteiger partial charge in [-0.15, -0.1) is 0 Å². The van der Waals surface area contributed by atoms with E-state index in [1.807, 2.05) is 72.8 Å². The minimum atomic E-state index is -4.05. The van der Waals surface area contributed by atoms with Crippen molar-refractivity contribution < 1.29 is 32.5 Å². The number of hydrogen-bond donors (Lipinski definition) is 2. The molecule has 0 aliphatic carbocycles. The molecule has 8 nitrogen and oxygen atoms in total. The number of benzene rings is 5. The maximum Gasteiger partial charge on any atom is 0.341 e. The average molecular weight is 700 g/mol. The zero-order chi connectivity index (χ0) is 34.8. The third kappa shape index (κ3) is 9.07. The summed E-state index contributed by atoms with van der Waals surface area (Å²) < 4.78 is 43.9. The summed E-state index contributed by atoms with van der Waals surface area (Å²) in [5, 5.41) is 15.3. The Hall–Kier alpha value is -4.67. The second-order valence-corrected chi connectivity index (χ2v) is 13.8. The lowest BCUT2D eigenvalue weighted by atomic mass is 9.96. The van der Waals surface area contributed by atoms with Gasteiger partial charge in [0.15, 0.2) is 11.5 Å². The van der Waals surface area contributed by atoms with Gasteiger partial charge in [-0.1, -0.05) is 96.5 Å². The van der Waals surface area contributed by atoms with Crippen LogP contribution in [0.5, 0.6) is 11.5 Å². The number of halogens is 1. The minimum absolute atomic E-state index is 0.0540. The van der Waals surface area contributed by atoms with Crippen LogP contribution >= 0.6 is 11.6 Å². The van der Waals surface area contributed by atoms with E-state index in [0.717, 1.165) is 22.3 Å². The van der Waals surface area contributed by atoms with Crippen LogP contribution in [0.3, 0.4) is 0 Å². The molecule has 2 atom stereocenters. The van der Waals surface area contributed by atoms with Crippen molar-refractivity contribution in [2.24, 2.45) is 0 Å². The van der Waals surface area contributed by atoms with Crippen LogP contribution in [0.1, 0.15) is 38.7 Å². The zero-order valence-corrected chi connectivity index (χ0v) is 28.8. The molecule has 0 spiro atoms. The Balaban J connectivity index is 1.31. The molecule has 254 valence electrons. The standard InChI is InChI=1S/C39H38ClNO7S/c1-46-36-25-33(24-34(39(43)47-2)38(36)48-26-29-12-7-4-8-13-29)49(44,45)32-18-16-27(17-19-32)20-21-41-35(22-28-10-5-3-6-11-28)37(42)30-14-9-15-31(40)23-30/h3-19,23-25,35,37,41-42H,20-22,26H2,1-2H3/t35?,37-/m1/s1. The molecule has 49 heavy (non-hydrogen) atoms. The van der Waals surface area contributed by atoms with Crippen LogP contribution < -0.4 is 14.8 Å². The molecule has 5 rings (SSSR count). The van der Waals surface area contributed by atoms with Gasteiger partial charge < -0.3 is 24.6 Å². The summed E-state index contributed by atoms with van der Waals surface area (Å²) in [6.45, 7) is 0.668. The largest absolute Gasteiger partial charge is 0.493 e. The van der Waals surface area contributed by atoms with Crippen molar-refractivity contribution in [2.75, 3.05) is 20.8 Å². The number of carbonyl (C=O) groups is 1. The summed E-state index contributed by atoms with van der Waals surface area (Å²) >= 11 is 6.20. The Morgan fingerprint density at radius 2 is 1.47 bits per heavy atom. The van der Waals surface area contributed by atoms with Crippen LogP contribution in [-0.2, 0) is 34.0 Å². The van der Waals surface area contributed by atoms with Crippen molar-refractivity contribution in [2.45, 2.75) is 41.4 Å². The predicted molar refractivity (Wildman–Crippen MR) is 189 cm³/mol. The third-order valence-corrected chi connectivity index (χ3v) is 10.1. The van der Waals surface area contributed by atoms with Crippen molar-refractivity contribution in [3.05, 3.63) is 154 Å². The number of carbonyl (C=O) groups excluding carboxylic acids is 1. The Kier molecular flexibility index (Phi) is 12.1. The fourth-order valence-electron chi connectivity index (χ4n) is 5.48. The van der Waals surface area contributed by atoms with Crippen molar-refractivity contribution in [3.8, 4) is 11.5 Å². The normalized spacial score (nSPS) is 12.6. The van der Waals surface area contributed by atoms with Gasteiger partial charge >= 0.3 is 5.97 Å². The highest BCUT2D eigenvalue weighted by atomic mass is 35.5. The summed E-state index contributed by atoms with van der Waals surface area (Å²) in [5.74, 6) is -0.580. The number of ether oxygens (including phenoxy) is 3. The highest BCUT2D eigenvalue weighted by molar-refractivity contribution is 7.91. The van der Waals surface area contributed by atoms with Gasteiger partial charge in [-0.2, -0.15) is 0 Å². The first-order valence-corrected chi connectivity index (χ1v) is 17.6. The second-order valence-electron chi connectivity index (χ2n) is 11.4. The maximum atomic E-state index is 13.8. The van der Waals surface area contributed by atoms with Gasteiger partial charge in [0, 0.05) is 17.1 Å². The van der Waals surface area contributed by atoms with E-state index < -0.39 is 21.9 Å². The Labute approximate surface area is 292 Å². The fourth-order valence-corrected chi connectivity index (χ4v) is 6.98. The number of esters is 1. The summed E-state index contributed by atoms with van der Waals surface area (Å²) in [7, 11) is -1.46. The molecule has 0 radical (unpaired) electrons. The van der Waals surface area contributed by atoms with Gasteiger partial charge in [-0.05, 0) is 72.0 Å². The van der Waals surface area contributed by atoms with Crippen molar-refractivity contribution in [1.82, 2.24) is 5.32 Å². The number of hydrogen-bond acceptors (Lipinski definition) is 8. The van der Waals surface area contributed by atoms with Gasteiger partial charge in [0.25, 0.3) is 0 Å². The molecule has 0 aromatic heterocycles. The van der Waals surface area contributed by atoms with Gasteiger partial charge in [-0.25, -0.2) is 13.2 Å². The van der Waals surface area contributed by atoms with Crippen LogP contribution in [0.4, 0.5) is 0 Å². The summed E-state index contributed by atoms with van der Waals surface area (Å²) in [6, 6.07) is 35.4. The summed E-state index contributed by atoms with van der Waals surface area (Å²) in [5.41, 5.74) is 3.50. The van der Waals surface area contributed by atoms with Gasteiger partial charge in [-0.3, -0.25) is 0 Å². The lowest BCUT2D eigenvalue weighted by Crippen LogP contribution is -2.38. The van der Waals surface area contributed by atoms with E-state index in [1.165, 1.54) is 38.5 Å². The average Bonchev–Trinajstić information content (AvgIpc) is 3.13. The van der Waals surface area contributed by atoms with Crippen LogP contribution in [0, 0.1) is 0 Å². The molecule has 5 aromatic rings. The monoisotopic (exact) mass is 699 g/mol. The van der Waals surface area contributed by atoms with E-state index in [1.54, 1.807) is 24.3 Å². The Morgan fingerprint density at radius 3 is 2.10 bits per heavy atom. The minimum Gasteiger partial charge on any atom is -0.493 e. The number of aliphatic hydroxyl groups is 1. The smallest absolute Gasteiger partial charge is 0.341 e. The van der Waals surface area contributed by atoms with Crippen LogP contribution in [-0.4, -0.2) is 46.3 Å². The van der Waals surface area contributed by atoms with Crippen molar-refractivity contribution in [1.29, 1.82) is 0 Å². The SMILES string of the molecule is COC(=O)c1cc(S(=O)(=O)c2ccc(CCNC(Cc3ccccc3)[C@H](O)c3cccc(Cl)c3)cc2)cc(OC)c1OCc1ccccc1. The molecule has 10 heteroatoms. The number of rotatable bonds is 15. The first-order valence-electron chi connectivity index (χ1n) is 15.7. The van der Waals surface area contributed by atoms with E-state index in [0.29, 0.717) is 24.4 Å². The van der Waals surface area contributed by atoms with Gasteiger partial charge in [0.1, 0.15) is 12.2 Å². The second kappa shape index (κ2) is 16.6. The number of aliphatic hydroxyl groups excluding tert-OH is 1. The molecule has 0 amide bonds. The lowest BCUT2D eigenvalue weighted by molar-refractivity contribution is 0.0594. The molecule has 0 bridgehead atoms. The highest BCUT2D eigenvalue weighted by Crippen LogP contribution is 2.37. The molecule has 0 heterocycles. The molecule has 0 saturated heterocycles. The van der Waals surface area contributed by atoms with Crippen LogP contribution in [0.15, 0.2) is 131 Å². The summed E-state index contributed by atoms with van der Waals surface area (Å²) in [4.78, 5) is 12.7. The molecule has 0 aliphatic rings. The number of sulfone groups is 1. The van der Waals surface area contributed by atoms with E-state index in [-0.39, 0.29) is 39.5 Å². The zero-order valence-electron chi connectivity index (χ0n) is 27.2. The molecule has 0 aliphatic heterocycles. The van der Waals surface area contributed by atoms with E-state index >= 15 is 0 Å².